The van der Waals surface area contributed by atoms with Gasteiger partial charge >= 0.3 is 0 Å². The monoisotopic (exact) mass is 232 g/mol. The highest BCUT2D eigenvalue weighted by atomic mass is 19.1. The van der Waals surface area contributed by atoms with Crippen LogP contribution in [0.3, 0.4) is 0 Å². The summed E-state index contributed by atoms with van der Waals surface area (Å²) in [6.45, 7) is 1.91. The van der Waals surface area contributed by atoms with Gasteiger partial charge < -0.3 is 10.6 Å². The molecule has 0 radical (unpaired) electrons. The van der Waals surface area contributed by atoms with E-state index < -0.39 is 0 Å². The number of halogens is 1. The lowest BCUT2D eigenvalue weighted by Crippen LogP contribution is -2.02. The molecule has 88 valence electrons. The molecule has 0 spiro atoms. The molecule has 0 aliphatic heterocycles. The van der Waals surface area contributed by atoms with Crippen LogP contribution in [-0.2, 0) is 0 Å². The number of hydrogen-bond donors (Lipinski definition) is 2. The molecule has 0 saturated heterocycles. The summed E-state index contributed by atoms with van der Waals surface area (Å²) in [5.41, 5.74) is 1.71. The highest BCUT2D eigenvalue weighted by Crippen LogP contribution is 2.18. The van der Waals surface area contributed by atoms with Gasteiger partial charge in [0, 0.05) is 24.5 Å². The van der Waals surface area contributed by atoms with Crippen molar-refractivity contribution in [3.8, 4) is 0 Å². The average Bonchev–Trinajstić information content (AvgIpc) is 2.35. The molecule has 4 nitrogen and oxygen atoms in total. The minimum Gasteiger partial charge on any atom is -0.357 e. The van der Waals surface area contributed by atoms with E-state index in [1.54, 1.807) is 25.4 Å². The maximum Gasteiger partial charge on any atom is 0.224 e. The third kappa shape index (κ3) is 2.69. The quantitative estimate of drug-likeness (QED) is 0.854. The summed E-state index contributed by atoms with van der Waals surface area (Å²) in [4.78, 5) is 8.37. The summed E-state index contributed by atoms with van der Waals surface area (Å²) in [6.07, 6.45) is 1.73. The molecule has 17 heavy (non-hydrogen) atoms. The van der Waals surface area contributed by atoms with E-state index in [1.165, 1.54) is 12.1 Å². The van der Waals surface area contributed by atoms with Crippen LogP contribution in [0, 0.1) is 12.7 Å². The van der Waals surface area contributed by atoms with Crippen molar-refractivity contribution in [2.45, 2.75) is 6.92 Å². The molecule has 5 heteroatoms. The van der Waals surface area contributed by atoms with E-state index in [9.17, 15) is 4.39 Å². The molecule has 0 amide bonds. The second kappa shape index (κ2) is 4.78. The van der Waals surface area contributed by atoms with Crippen LogP contribution < -0.4 is 10.6 Å². The molecule has 0 bridgehead atoms. The Morgan fingerprint density at radius 3 is 2.53 bits per heavy atom. The Bertz CT molecular complexity index is 510. The van der Waals surface area contributed by atoms with E-state index in [2.05, 4.69) is 20.6 Å². The molecule has 2 N–H and O–H groups in total. The molecule has 1 heterocycles. The Hall–Kier alpha value is -2.17. The van der Waals surface area contributed by atoms with Crippen molar-refractivity contribution in [2.75, 3.05) is 17.7 Å². The fraction of sp³-hybridized carbons (Fsp3) is 0.167. The number of nitrogens with zero attached hydrogens (tertiary/aromatic N) is 2. The van der Waals surface area contributed by atoms with Gasteiger partial charge in [-0.1, -0.05) is 0 Å². The van der Waals surface area contributed by atoms with E-state index in [0.29, 0.717) is 11.8 Å². The van der Waals surface area contributed by atoms with Gasteiger partial charge in [0.15, 0.2) is 0 Å². The Balaban J connectivity index is 2.25. The second-order valence-corrected chi connectivity index (χ2v) is 3.61. The van der Waals surface area contributed by atoms with E-state index in [1.807, 2.05) is 6.92 Å². The van der Waals surface area contributed by atoms with Crippen molar-refractivity contribution in [1.82, 2.24) is 9.97 Å². The first kappa shape index (κ1) is 11.3. The van der Waals surface area contributed by atoms with E-state index in [-0.39, 0.29) is 5.82 Å². The topological polar surface area (TPSA) is 49.8 Å². The van der Waals surface area contributed by atoms with Crippen molar-refractivity contribution in [2.24, 2.45) is 0 Å². The SMILES string of the molecule is CNc1ncc(C)c(Nc2ccc(F)cc2)n1. The number of rotatable bonds is 3. The molecule has 1 aromatic carbocycles. The number of aryl methyl sites for hydroxylation is 1. The fourth-order valence-electron chi connectivity index (χ4n) is 1.36. The summed E-state index contributed by atoms with van der Waals surface area (Å²) in [5.74, 6) is 0.988. The standard InChI is InChI=1S/C12H13FN4/c1-8-7-15-12(14-2)17-11(8)16-10-5-3-9(13)4-6-10/h3-7H,1-2H3,(H2,14,15,16,17). The van der Waals surface area contributed by atoms with Gasteiger partial charge in [0.25, 0.3) is 0 Å². The van der Waals surface area contributed by atoms with E-state index in [0.717, 1.165) is 11.3 Å². The zero-order valence-electron chi connectivity index (χ0n) is 9.66. The average molecular weight is 232 g/mol. The van der Waals surface area contributed by atoms with Crippen molar-refractivity contribution >= 4 is 17.5 Å². The molecule has 0 atom stereocenters. The van der Waals surface area contributed by atoms with E-state index in [4.69, 9.17) is 0 Å². The summed E-state index contributed by atoms with van der Waals surface area (Å²) >= 11 is 0. The van der Waals surface area contributed by atoms with Crippen molar-refractivity contribution in [3.05, 3.63) is 41.8 Å². The van der Waals surface area contributed by atoms with Gasteiger partial charge in [0.2, 0.25) is 5.95 Å². The van der Waals surface area contributed by atoms with Crippen LogP contribution in [0.2, 0.25) is 0 Å². The number of hydrogen-bond acceptors (Lipinski definition) is 4. The lowest BCUT2D eigenvalue weighted by molar-refractivity contribution is 0.628. The Kier molecular flexibility index (Phi) is 3.18. The lowest BCUT2D eigenvalue weighted by Gasteiger charge is -2.09. The smallest absolute Gasteiger partial charge is 0.224 e. The molecule has 0 aliphatic rings. The molecule has 1 aromatic heterocycles. The van der Waals surface area contributed by atoms with Crippen molar-refractivity contribution in [3.63, 3.8) is 0 Å². The lowest BCUT2D eigenvalue weighted by atomic mass is 10.3. The molecule has 0 saturated carbocycles. The first-order valence-electron chi connectivity index (χ1n) is 5.23. The predicted molar refractivity (Wildman–Crippen MR) is 66.0 cm³/mol. The van der Waals surface area contributed by atoms with Gasteiger partial charge in [-0.3, -0.25) is 0 Å². The summed E-state index contributed by atoms with van der Waals surface area (Å²) in [5, 5.41) is 5.98. The molecule has 0 unspecified atom stereocenters. The van der Waals surface area contributed by atoms with Gasteiger partial charge in [0.05, 0.1) is 0 Å². The van der Waals surface area contributed by atoms with Crippen LogP contribution in [0.1, 0.15) is 5.56 Å². The summed E-state index contributed by atoms with van der Waals surface area (Å²) < 4.78 is 12.8. The third-order valence-corrected chi connectivity index (χ3v) is 2.30. The van der Waals surface area contributed by atoms with Crippen molar-refractivity contribution in [1.29, 1.82) is 0 Å². The van der Waals surface area contributed by atoms with Crippen molar-refractivity contribution < 1.29 is 4.39 Å². The number of nitrogens with one attached hydrogen (secondary N) is 2. The van der Waals surface area contributed by atoms with Gasteiger partial charge in [0.1, 0.15) is 11.6 Å². The van der Waals surface area contributed by atoms with Gasteiger partial charge in [-0.15, -0.1) is 0 Å². The van der Waals surface area contributed by atoms with Crippen LogP contribution in [0.5, 0.6) is 0 Å². The molecular formula is C12H13FN4. The minimum absolute atomic E-state index is 0.258. The molecule has 2 aromatic rings. The Labute approximate surface area is 98.9 Å². The van der Waals surface area contributed by atoms with Crippen LogP contribution in [0.15, 0.2) is 30.5 Å². The zero-order valence-corrected chi connectivity index (χ0v) is 9.66. The molecule has 0 fully saturated rings. The maximum atomic E-state index is 12.8. The Morgan fingerprint density at radius 2 is 1.88 bits per heavy atom. The Morgan fingerprint density at radius 1 is 1.18 bits per heavy atom. The summed E-state index contributed by atoms with van der Waals surface area (Å²) in [7, 11) is 1.76. The molecular weight excluding hydrogens is 219 g/mol. The van der Waals surface area contributed by atoms with Gasteiger partial charge in [-0.05, 0) is 31.2 Å². The van der Waals surface area contributed by atoms with Crippen LogP contribution >= 0.6 is 0 Å². The van der Waals surface area contributed by atoms with Gasteiger partial charge in [-0.25, -0.2) is 9.37 Å². The maximum absolute atomic E-state index is 12.8. The number of benzene rings is 1. The zero-order chi connectivity index (χ0) is 12.3. The first-order valence-corrected chi connectivity index (χ1v) is 5.23. The molecule has 0 aliphatic carbocycles. The molecule has 2 rings (SSSR count). The highest BCUT2D eigenvalue weighted by molar-refractivity contribution is 5.59. The highest BCUT2D eigenvalue weighted by Gasteiger charge is 2.03. The van der Waals surface area contributed by atoms with E-state index >= 15 is 0 Å². The second-order valence-electron chi connectivity index (χ2n) is 3.61. The third-order valence-electron chi connectivity index (χ3n) is 2.30. The van der Waals surface area contributed by atoms with Crippen LogP contribution in [-0.4, -0.2) is 17.0 Å². The summed E-state index contributed by atoms with van der Waals surface area (Å²) in [6, 6.07) is 6.13. The van der Waals surface area contributed by atoms with Crippen LogP contribution in [0.25, 0.3) is 0 Å². The van der Waals surface area contributed by atoms with Crippen LogP contribution in [0.4, 0.5) is 21.8 Å². The number of aromatic nitrogens is 2. The fourth-order valence-corrected chi connectivity index (χ4v) is 1.36. The largest absolute Gasteiger partial charge is 0.357 e. The first-order chi connectivity index (χ1) is 8.19. The normalized spacial score (nSPS) is 10.1. The number of anilines is 3. The van der Waals surface area contributed by atoms with Gasteiger partial charge in [-0.2, -0.15) is 4.98 Å². The minimum atomic E-state index is -0.258. The predicted octanol–water partition coefficient (Wildman–Crippen LogP) is 2.71.